The van der Waals surface area contributed by atoms with Gasteiger partial charge in [0.1, 0.15) is 6.10 Å². The summed E-state index contributed by atoms with van der Waals surface area (Å²) in [5.41, 5.74) is 0. The number of rotatable bonds is 6. The summed E-state index contributed by atoms with van der Waals surface area (Å²) in [6, 6.07) is 0. The number of aromatic nitrogens is 3. The van der Waals surface area contributed by atoms with E-state index in [1.807, 2.05) is 20.8 Å². The second-order valence-corrected chi connectivity index (χ2v) is 4.85. The summed E-state index contributed by atoms with van der Waals surface area (Å²) in [6.45, 7) is 5.80. The molecular formula is C10H17N3O3S. The molecule has 7 heteroatoms. The molecule has 0 bridgehead atoms. The first-order valence-corrected chi connectivity index (χ1v) is 6.29. The SMILES string of the molecule is CC(C)O[C@@H](C)c1nnc(SCC(=O)O)n1C. The van der Waals surface area contributed by atoms with Gasteiger partial charge >= 0.3 is 5.97 Å². The zero-order chi connectivity index (χ0) is 13.0. The predicted molar refractivity (Wildman–Crippen MR) is 64.0 cm³/mol. The van der Waals surface area contributed by atoms with Gasteiger partial charge in [0, 0.05) is 7.05 Å². The molecule has 0 fully saturated rings. The fourth-order valence-corrected chi connectivity index (χ4v) is 2.04. The molecule has 96 valence electrons. The molecule has 1 heterocycles. The van der Waals surface area contributed by atoms with Gasteiger partial charge in [-0.05, 0) is 20.8 Å². The van der Waals surface area contributed by atoms with E-state index in [2.05, 4.69) is 10.2 Å². The highest BCUT2D eigenvalue weighted by molar-refractivity contribution is 7.99. The average Bonchev–Trinajstić information content (AvgIpc) is 2.55. The molecule has 1 aromatic heterocycles. The van der Waals surface area contributed by atoms with E-state index >= 15 is 0 Å². The minimum Gasteiger partial charge on any atom is -0.481 e. The van der Waals surface area contributed by atoms with Crippen LogP contribution in [0, 0.1) is 0 Å². The fraction of sp³-hybridized carbons (Fsp3) is 0.700. The smallest absolute Gasteiger partial charge is 0.313 e. The van der Waals surface area contributed by atoms with Crippen LogP contribution in [0.1, 0.15) is 32.7 Å². The van der Waals surface area contributed by atoms with Gasteiger partial charge in [-0.2, -0.15) is 0 Å². The van der Waals surface area contributed by atoms with E-state index in [1.165, 1.54) is 0 Å². The largest absolute Gasteiger partial charge is 0.481 e. The van der Waals surface area contributed by atoms with Crippen molar-refractivity contribution in [3.05, 3.63) is 5.82 Å². The number of hydrogen-bond donors (Lipinski definition) is 1. The van der Waals surface area contributed by atoms with Crippen LogP contribution < -0.4 is 0 Å². The third-order valence-electron chi connectivity index (χ3n) is 2.03. The van der Waals surface area contributed by atoms with E-state index in [-0.39, 0.29) is 18.0 Å². The lowest BCUT2D eigenvalue weighted by atomic mass is 10.3. The Labute approximate surface area is 104 Å². The molecule has 0 aromatic carbocycles. The minimum absolute atomic E-state index is 0.0224. The van der Waals surface area contributed by atoms with Crippen molar-refractivity contribution in [3.8, 4) is 0 Å². The van der Waals surface area contributed by atoms with Crippen molar-refractivity contribution in [2.75, 3.05) is 5.75 Å². The molecule has 0 amide bonds. The molecule has 0 unspecified atom stereocenters. The molecule has 0 aliphatic heterocycles. The molecule has 0 saturated heterocycles. The first-order valence-electron chi connectivity index (χ1n) is 5.31. The Morgan fingerprint density at radius 1 is 1.47 bits per heavy atom. The molecule has 1 N–H and O–H groups in total. The van der Waals surface area contributed by atoms with Crippen LogP contribution in [0.2, 0.25) is 0 Å². The van der Waals surface area contributed by atoms with Crippen LogP contribution >= 0.6 is 11.8 Å². The number of carboxylic acid groups (broad SMARTS) is 1. The molecule has 1 rings (SSSR count). The molecule has 1 atom stereocenters. The predicted octanol–water partition coefficient (Wildman–Crippen LogP) is 1.48. The first-order chi connectivity index (χ1) is 7.91. The Morgan fingerprint density at radius 2 is 2.12 bits per heavy atom. The zero-order valence-electron chi connectivity index (χ0n) is 10.4. The summed E-state index contributed by atoms with van der Waals surface area (Å²) in [4.78, 5) is 10.5. The van der Waals surface area contributed by atoms with Crippen molar-refractivity contribution in [3.63, 3.8) is 0 Å². The van der Waals surface area contributed by atoms with E-state index in [1.54, 1.807) is 11.6 Å². The van der Waals surface area contributed by atoms with Crippen molar-refractivity contribution in [2.45, 2.75) is 38.1 Å². The highest BCUT2D eigenvalue weighted by Gasteiger charge is 2.17. The second kappa shape index (κ2) is 6.02. The molecule has 0 spiro atoms. The summed E-state index contributed by atoms with van der Waals surface area (Å²) in [5, 5.41) is 17.2. The number of aliphatic carboxylic acids is 1. The lowest BCUT2D eigenvalue weighted by molar-refractivity contribution is -0.133. The summed E-state index contributed by atoms with van der Waals surface area (Å²) in [6.07, 6.45) is -0.0523. The third kappa shape index (κ3) is 4.01. The second-order valence-electron chi connectivity index (χ2n) is 3.91. The van der Waals surface area contributed by atoms with Gasteiger partial charge in [0.2, 0.25) is 0 Å². The van der Waals surface area contributed by atoms with Gasteiger partial charge in [0.15, 0.2) is 11.0 Å². The van der Waals surface area contributed by atoms with Crippen LogP contribution in [0.3, 0.4) is 0 Å². The van der Waals surface area contributed by atoms with Gasteiger partial charge in [-0.25, -0.2) is 0 Å². The topological polar surface area (TPSA) is 77.2 Å². The van der Waals surface area contributed by atoms with E-state index in [0.717, 1.165) is 11.8 Å². The van der Waals surface area contributed by atoms with Gasteiger partial charge < -0.3 is 14.4 Å². The van der Waals surface area contributed by atoms with Gasteiger partial charge in [-0.1, -0.05) is 11.8 Å². The molecule has 1 aromatic rings. The van der Waals surface area contributed by atoms with Crippen molar-refractivity contribution >= 4 is 17.7 Å². The Balaban J connectivity index is 2.72. The Hall–Kier alpha value is -1.08. The van der Waals surface area contributed by atoms with Crippen LogP contribution in [0.5, 0.6) is 0 Å². The Bertz CT molecular complexity index is 392. The number of carboxylic acids is 1. The maximum absolute atomic E-state index is 10.5. The maximum Gasteiger partial charge on any atom is 0.313 e. The van der Waals surface area contributed by atoms with Gasteiger partial charge in [0.05, 0.1) is 11.9 Å². The quantitative estimate of drug-likeness (QED) is 0.780. The van der Waals surface area contributed by atoms with Crippen LogP contribution in [0.15, 0.2) is 5.16 Å². The minimum atomic E-state index is -0.869. The van der Waals surface area contributed by atoms with E-state index in [9.17, 15) is 4.79 Å². The van der Waals surface area contributed by atoms with E-state index < -0.39 is 5.97 Å². The standard InChI is InChI=1S/C10H17N3O3S/c1-6(2)16-7(3)9-11-12-10(13(9)4)17-5-8(14)15/h6-7H,5H2,1-4H3,(H,14,15)/t7-/m0/s1. The number of nitrogens with zero attached hydrogens (tertiary/aromatic N) is 3. The van der Waals surface area contributed by atoms with Crippen LogP contribution in [-0.4, -0.2) is 37.7 Å². The molecule has 6 nitrogen and oxygen atoms in total. The van der Waals surface area contributed by atoms with Crippen LogP contribution in [-0.2, 0) is 16.6 Å². The summed E-state index contributed by atoms with van der Waals surface area (Å²) < 4.78 is 7.37. The zero-order valence-corrected chi connectivity index (χ0v) is 11.2. The summed E-state index contributed by atoms with van der Waals surface area (Å²) in [7, 11) is 1.81. The first kappa shape index (κ1) is 14.0. The fourth-order valence-electron chi connectivity index (χ4n) is 1.40. The van der Waals surface area contributed by atoms with E-state index in [4.69, 9.17) is 9.84 Å². The lowest BCUT2D eigenvalue weighted by Gasteiger charge is -2.15. The number of thioether (sulfide) groups is 1. The highest BCUT2D eigenvalue weighted by atomic mass is 32.2. The van der Waals surface area contributed by atoms with Gasteiger partial charge in [-0.3, -0.25) is 4.79 Å². The normalized spacial score (nSPS) is 13.0. The van der Waals surface area contributed by atoms with Gasteiger partial charge in [0.25, 0.3) is 0 Å². The third-order valence-corrected chi connectivity index (χ3v) is 3.04. The molecule has 0 radical (unpaired) electrons. The molecule has 17 heavy (non-hydrogen) atoms. The molecule has 0 aliphatic rings. The van der Waals surface area contributed by atoms with Crippen molar-refractivity contribution in [1.82, 2.24) is 14.8 Å². The molecular weight excluding hydrogens is 242 g/mol. The van der Waals surface area contributed by atoms with Crippen molar-refractivity contribution in [1.29, 1.82) is 0 Å². The maximum atomic E-state index is 10.5. The summed E-state index contributed by atoms with van der Waals surface area (Å²) >= 11 is 1.15. The average molecular weight is 259 g/mol. The number of hydrogen-bond acceptors (Lipinski definition) is 5. The Morgan fingerprint density at radius 3 is 2.65 bits per heavy atom. The van der Waals surface area contributed by atoms with Crippen LogP contribution in [0.25, 0.3) is 0 Å². The van der Waals surface area contributed by atoms with Crippen molar-refractivity contribution < 1.29 is 14.6 Å². The van der Waals surface area contributed by atoms with Crippen molar-refractivity contribution in [2.24, 2.45) is 7.05 Å². The van der Waals surface area contributed by atoms with E-state index in [0.29, 0.717) is 11.0 Å². The summed E-state index contributed by atoms with van der Waals surface area (Å²) in [5.74, 6) is -0.191. The Kier molecular flexibility index (Phi) is 4.95. The van der Waals surface area contributed by atoms with Gasteiger partial charge in [-0.15, -0.1) is 10.2 Å². The monoisotopic (exact) mass is 259 g/mol. The molecule has 0 aliphatic carbocycles. The van der Waals surface area contributed by atoms with Crippen LogP contribution in [0.4, 0.5) is 0 Å². The lowest BCUT2D eigenvalue weighted by Crippen LogP contribution is -2.12. The molecule has 0 saturated carbocycles. The number of ether oxygens (including phenoxy) is 1. The highest BCUT2D eigenvalue weighted by Crippen LogP contribution is 2.21. The number of carbonyl (C=O) groups is 1.